The van der Waals surface area contributed by atoms with E-state index in [4.69, 9.17) is 4.74 Å². The van der Waals surface area contributed by atoms with Gasteiger partial charge in [-0.05, 0) is 62.3 Å². The minimum absolute atomic E-state index is 0.417. The van der Waals surface area contributed by atoms with Gasteiger partial charge in [0.1, 0.15) is 0 Å². The molecule has 5 fully saturated rings. The van der Waals surface area contributed by atoms with Gasteiger partial charge < -0.3 is 10.1 Å². The van der Waals surface area contributed by atoms with Crippen LogP contribution in [0.4, 0.5) is 0 Å². The zero-order chi connectivity index (χ0) is 13.5. The molecule has 4 bridgehead atoms. The van der Waals surface area contributed by atoms with Crippen LogP contribution >= 0.6 is 0 Å². The third-order valence-corrected chi connectivity index (χ3v) is 6.48. The first-order valence-corrected chi connectivity index (χ1v) is 8.89. The van der Waals surface area contributed by atoms with Gasteiger partial charge in [0, 0.05) is 25.7 Å². The fourth-order valence-corrected chi connectivity index (χ4v) is 5.72. The molecule has 1 N–H and O–H groups in total. The predicted octanol–water partition coefficient (Wildman–Crippen LogP) is 2.12. The van der Waals surface area contributed by atoms with Crippen molar-refractivity contribution in [3.8, 4) is 0 Å². The van der Waals surface area contributed by atoms with Crippen LogP contribution in [-0.2, 0) is 4.74 Å². The van der Waals surface area contributed by atoms with E-state index in [1.807, 2.05) is 0 Å². The third-order valence-electron chi connectivity index (χ3n) is 6.48. The van der Waals surface area contributed by atoms with Gasteiger partial charge in [0.15, 0.2) is 0 Å². The summed E-state index contributed by atoms with van der Waals surface area (Å²) in [6.07, 6.45) is 8.01. The average Bonchev–Trinajstić information content (AvgIpc) is 2.46. The fourth-order valence-electron chi connectivity index (χ4n) is 5.72. The molecule has 20 heavy (non-hydrogen) atoms. The lowest BCUT2D eigenvalue weighted by atomic mass is 9.54. The van der Waals surface area contributed by atoms with Crippen molar-refractivity contribution in [2.24, 2.45) is 23.7 Å². The van der Waals surface area contributed by atoms with Crippen molar-refractivity contribution < 1.29 is 4.74 Å². The number of ether oxygens (including phenoxy) is 1. The minimum Gasteiger partial charge on any atom is -0.374 e. The molecule has 0 amide bonds. The van der Waals surface area contributed by atoms with E-state index in [-0.39, 0.29) is 0 Å². The summed E-state index contributed by atoms with van der Waals surface area (Å²) in [5.41, 5.74) is 0. The highest BCUT2D eigenvalue weighted by Gasteiger charge is 2.48. The number of rotatable bonds is 4. The molecule has 1 saturated heterocycles. The van der Waals surface area contributed by atoms with Crippen molar-refractivity contribution >= 4 is 0 Å². The second-order valence-electron chi connectivity index (χ2n) is 7.75. The van der Waals surface area contributed by atoms with Gasteiger partial charge in [0.05, 0.1) is 12.7 Å². The minimum atomic E-state index is 0.417. The highest BCUT2D eigenvalue weighted by atomic mass is 16.5. The monoisotopic (exact) mass is 278 g/mol. The van der Waals surface area contributed by atoms with Crippen LogP contribution in [0, 0.1) is 23.7 Å². The number of nitrogens with one attached hydrogen (secondary N) is 1. The lowest BCUT2D eigenvalue weighted by Gasteiger charge is -2.55. The van der Waals surface area contributed by atoms with Crippen molar-refractivity contribution in [3.63, 3.8) is 0 Å². The highest BCUT2D eigenvalue weighted by molar-refractivity contribution is 5.01. The maximum absolute atomic E-state index is 5.95. The second-order valence-corrected chi connectivity index (χ2v) is 7.75. The summed E-state index contributed by atoms with van der Waals surface area (Å²) in [6, 6.07) is 0.809. The number of hydrogen-bond acceptors (Lipinski definition) is 3. The Hall–Kier alpha value is -0.120. The molecule has 5 aliphatic rings. The van der Waals surface area contributed by atoms with E-state index in [1.54, 1.807) is 6.42 Å². The molecule has 114 valence electrons. The van der Waals surface area contributed by atoms with E-state index in [0.717, 1.165) is 62.5 Å². The molecule has 3 heteroatoms. The molecule has 1 heterocycles. The van der Waals surface area contributed by atoms with Crippen molar-refractivity contribution in [2.45, 2.75) is 51.2 Å². The van der Waals surface area contributed by atoms with Gasteiger partial charge in [0.25, 0.3) is 0 Å². The van der Waals surface area contributed by atoms with Crippen LogP contribution in [0.2, 0.25) is 0 Å². The van der Waals surface area contributed by atoms with Crippen molar-refractivity contribution in [2.75, 3.05) is 32.8 Å². The van der Waals surface area contributed by atoms with E-state index in [9.17, 15) is 0 Å². The van der Waals surface area contributed by atoms with Crippen LogP contribution in [0.15, 0.2) is 0 Å². The summed E-state index contributed by atoms with van der Waals surface area (Å²) in [5.74, 6) is 4.13. The molecule has 4 saturated carbocycles. The Labute approximate surface area is 123 Å². The summed E-state index contributed by atoms with van der Waals surface area (Å²) in [4.78, 5) is 2.52. The lowest BCUT2D eigenvalue weighted by molar-refractivity contribution is -0.0439. The maximum Gasteiger partial charge on any atom is 0.0826 e. The Bertz CT molecular complexity index is 318. The number of hydrogen-bond donors (Lipinski definition) is 1. The molecule has 4 aliphatic carbocycles. The van der Waals surface area contributed by atoms with Crippen molar-refractivity contribution in [1.29, 1.82) is 0 Å². The van der Waals surface area contributed by atoms with Crippen LogP contribution in [0.5, 0.6) is 0 Å². The predicted molar refractivity (Wildman–Crippen MR) is 80.7 cm³/mol. The zero-order valence-corrected chi connectivity index (χ0v) is 12.9. The van der Waals surface area contributed by atoms with E-state index < -0.39 is 0 Å². The fraction of sp³-hybridized carbons (Fsp3) is 1.00. The zero-order valence-electron chi connectivity index (χ0n) is 12.9. The SMILES string of the molecule is CCN1CCOC(CNC2C3CC4CC(C3)CC2C4)C1. The molecular formula is C17H30N2O. The third kappa shape index (κ3) is 2.53. The summed E-state index contributed by atoms with van der Waals surface area (Å²) in [7, 11) is 0. The highest BCUT2D eigenvalue weighted by Crippen LogP contribution is 2.53. The van der Waals surface area contributed by atoms with Crippen LogP contribution < -0.4 is 5.32 Å². The smallest absolute Gasteiger partial charge is 0.0826 e. The summed E-state index contributed by atoms with van der Waals surface area (Å²) in [5, 5.41) is 3.93. The van der Waals surface area contributed by atoms with E-state index in [1.165, 1.54) is 25.7 Å². The number of nitrogens with zero attached hydrogens (tertiary/aromatic N) is 1. The van der Waals surface area contributed by atoms with Crippen LogP contribution in [0.25, 0.3) is 0 Å². The molecule has 0 aromatic carbocycles. The van der Waals surface area contributed by atoms with E-state index in [2.05, 4.69) is 17.1 Å². The Balaban J connectivity index is 1.31. The topological polar surface area (TPSA) is 24.5 Å². The van der Waals surface area contributed by atoms with Gasteiger partial charge in [0.2, 0.25) is 0 Å². The Morgan fingerprint density at radius 3 is 2.40 bits per heavy atom. The average molecular weight is 278 g/mol. The van der Waals surface area contributed by atoms with Gasteiger partial charge in [-0.25, -0.2) is 0 Å². The van der Waals surface area contributed by atoms with Gasteiger partial charge in [-0.2, -0.15) is 0 Å². The Morgan fingerprint density at radius 2 is 1.75 bits per heavy atom. The quantitative estimate of drug-likeness (QED) is 0.852. The van der Waals surface area contributed by atoms with Crippen molar-refractivity contribution in [3.05, 3.63) is 0 Å². The Kier molecular flexibility index (Phi) is 3.78. The summed E-state index contributed by atoms with van der Waals surface area (Å²) < 4.78 is 5.95. The first-order valence-electron chi connectivity index (χ1n) is 8.89. The van der Waals surface area contributed by atoms with Crippen LogP contribution in [0.1, 0.15) is 39.0 Å². The molecule has 1 unspecified atom stereocenters. The molecule has 0 radical (unpaired) electrons. The standard InChI is InChI=1S/C17H30N2O/c1-2-19-3-4-20-16(11-19)10-18-17-14-6-12-5-13(8-14)9-15(17)7-12/h12-18H,2-11H2,1H3. The second kappa shape index (κ2) is 5.58. The Morgan fingerprint density at radius 1 is 1.05 bits per heavy atom. The molecule has 0 aromatic heterocycles. The molecule has 0 spiro atoms. The molecule has 3 nitrogen and oxygen atoms in total. The molecular weight excluding hydrogens is 248 g/mol. The molecule has 0 aromatic rings. The first-order chi connectivity index (χ1) is 9.81. The van der Waals surface area contributed by atoms with Crippen molar-refractivity contribution in [1.82, 2.24) is 10.2 Å². The largest absolute Gasteiger partial charge is 0.374 e. The van der Waals surface area contributed by atoms with Gasteiger partial charge in [-0.15, -0.1) is 0 Å². The molecule has 1 aliphatic heterocycles. The van der Waals surface area contributed by atoms with E-state index >= 15 is 0 Å². The van der Waals surface area contributed by atoms with Gasteiger partial charge in [-0.3, -0.25) is 4.90 Å². The molecule has 5 rings (SSSR count). The number of morpholine rings is 1. The normalized spacial score (nSPS) is 47.9. The van der Waals surface area contributed by atoms with Crippen LogP contribution in [-0.4, -0.2) is 49.8 Å². The first kappa shape index (κ1) is 13.5. The maximum atomic E-state index is 5.95. The lowest BCUT2D eigenvalue weighted by Crippen LogP contribution is -2.57. The van der Waals surface area contributed by atoms with E-state index in [0.29, 0.717) is 6.10 Å². The summed E-state index contributed by atoms with van der Waals surface area (Å²) >= 11 is 0. The van der Waals surface area contributed by atoms with Gasteiger partial charge in [-0.1, -0.05) is 6.92 Å². The summed E-state index contributed by atoms with van der Waals surface area (Å²) in [6.45, 7) is 7.65. The van der Waals surface area contributed by atoms with Crippen LogP contribution in [0.3, 0.4) is 0 Å². The number of likely N-dealkylation sites (N-methyl/N-ethyl adjacent to an activating group) is 1. The molecule has 1 atom stereocenters. The van der Waals surface area contributed by atoms with Gasteiger partial charge >= 0.3 is 0 Å².